The number of benzene rings is 1. The molecule has 28 heavy (non-hydrogen) atoms. The Morgan fingerprint density at radius 1 is 1.21 bits per heavy atom. The Morgan fingerprint density at radius 3 is 2.68 bits per heavy atom. The van der Waals surface area contributed by atoms with E-state index in [1.54, 1.807) is 24.6 Å². The number of hydrogen-bond donors (Lipinski definition) is 1. The number of carbonyl (C=O) groups is 3. The molecule has 0 aliphatic rings. The van der Waals surface area contributed by atoms with Gasteiger partial charge in [-0.3, -0.25) is 9.59 Å². The van der Waals surface area contributed by atoms with Crippen molar-refractivity contribution in [2.75, 3.05) is 31.8 Å². The van der Waals surface area contributed by atoms with Crippen molar-refractivity contribution in [1.82, 2.24) is 9.88 Å². The molecular formula is C20H23N3O4S. The molecule has 2 amide bonds. The molecule has 1 N–H and O–H groups in total. The molecule has 7 nitrogen and oxygen atoms in total. The third-order valence-electron chi connectivity index (χ3n) is 3.98. The fourth-order valence-electron chi connectivity index (χ4n) is 2.39. The second-order valence-corrected chi connectivity index (χ2v) is 7.05. The first-order valence-electron chi connectivity index (χ1n) is 8.59. The summed E-state index contributed by atoms with van der Waals surface area (Å²) in [6.07, 6.45) is 3.38. The molecule has 1 aromatic carbocycles. The van der Waals surface area contributed by atoms with E-state index in [2.05, 4.69) is 10.3 Å². The van der Waals surface area contributed by atoms with Crippen molar-refractivity contribution in [1.29, 1.82) is 0 Å². The minimum Gasteiger partial charge on any atom is -0.452 e. The molecule has 0 radical (unpaired) electrons. The van der Waals surface area contributed by atoms with Crippen molar-refractivity contribution in [2.45, 2.75) is 18.9 Å². The van der Waals surface area contributed by atoms with Gasteiger partial charge >= 0.3 is 5.97 Å². The highest BCUT2D eigenvalue weighted by molar-refractivity contribution is 7.98. The van der Waals surface area contributed by atoms with Gasteiger partial charge in [0.25, 0.3) is 5.91 Å². The lowest BCUT2D eigenvalue weighted by atomic mass is 10.1. The van der Waals surface area contributed by atoms with E-state index < -0.39 is 18.5 Å². The van der Waals surface area contributed by atoms with Crippen LogP contribution in [0.5, 0.6) is 0 Å². The van der Waals surface area contributed by atoms with E-state index in [0.29, 0.717) is 16.3 Å². The van der Waals surface area contributed by atoms with Gasteiger partial charge < -0.3 is 15.0 Å². The summed E-state index contributed by atoms with van der Waals surface area (Å²) in [6, 6.07) is 8.96. The van der Waals surface area contributed by atoms with Crippen LogP contribution in [0.2, 0.25) is 0 Å². The molecule has 2 aromatic rings. The van der Waals surface area contributed by atoms with Crippen LogP contribution in [0.1, 0.15) is 21.5 Å². The minimum atomic E-state index is -0.626. The Hall–Kier alpha value is -2.87. The van der Waals surface area contributed by atoms with Crippen LogP contribution < -0.4 is 5.32 Å². The summed E-state index contributed by atoms with van der Waals surface area (Å²) in [5.74, 6) is -1.43. The molecule has 0 saturated heterocycles. The molecule has 0 atom stereocenters. The Balaban J connectivity index is 1.87. The van der Waals surface area contributed by atoms with Crippen LogP contribution in [-0.4, -0.2) is 54.1 Å². The van der Waals surface area contributed by atoms with Gasteiger partial charge in [-0.15, -0.1) is 11.8 Å². The van der Waals surface area contributed by atoms with Gasteiger partial charge in [0.2, 0.25) is 5.91 Å². The summed E-state index contributed by atoms with van der Waals surface area (Å²) >= 11 is 1.32. The van der Waals surface area contributed by atoms with E-state index in [1.165, 1.54) is 23.7 Å². The third kappa shape index (κ3) is 5.82. The van der Waals surface area contributed by atoms with Gasteiger partial charge in [-0.1, -0.05) is 12.1 Å². The van der Waals surface area contributed by atoms with Crippen molar-refractivity contribution < 1.29 is 19.1 Å². The average molecular weight is 401 g/mol. The van der Waals surface area contributed by atoms with Crippen LogP contribution >= 0.6 is 11.8 Å². The number of carbonyl (C=O) groups excluding carboxylic acids is 3. The molecule has 148 valence electrons. The van der Waals surface area contributed by atoms with Gasteiger partial charge in [0.05, 0.1) is 12.1 Å². The molecule has 0 unspecified atom stereocenters. The van der Waals surface area contributed by atoms with Crippen LogP contribution in [-0.2, 0) is 14.3 Å². The smallest absolute Gasteiger partial charge is 0.341 e. The zero-order valence-corrected chi connectivity index (χ0v) is 17.1. The van der Waals surface area contributed by atoms with E-state index in [9.17, 15) is 14.4 Å². The van der Waals surface area contributed by atoms with Crippen molar-refractivity contribution >= 4 is 35.2 Å². The molecule has 0 aliphatic heterocycles. The van der Waals surface area contributed by atoms with Gasteiger partial charge in [-0.2, -0.15) is 0 Å². The highest BCUT2D eigenvalue weighted by atomic mass is 32.2. The molecule has 1 aromatic heterocycles. The predicted octanol–water partition coefficient (Wildman–Crippen LogP) is 2.67. The fourth-order valence-corrected chi connectivity index (χ4v) is 2.93. The fraction of sp³-hybridized carbons (Fsp3) is 0.300. The van der Waals surface area contributed by atoms with E-state index in [1.807, 2.05) is 32.0 Å². The summed E-state index contributed by atoms with van der Waals surface area (Å²) in [4.78, 5) is 41.9. The van der Waals surface area contributed by atoms with E-state index in [4.69, 9.17) is 4.74 Å². The Bertz CT molecular complexity index is 886. The van der Waals surface area contributed by atoms with Crippen LogP contribution in [0.4, 0.5) is 5.69 Å². The van der Waals surface area contributed by atoms with Crippen molar-refractivity contribution in [3.8, 4) is 0 Å². The van der Waals surface area contributed by atoms with Crippen LogP contribution in [0.15, 0.2) is 41.6 Å². The lowest BCUT2D eigenvalue weighted by Gasteiger charge is -2.17. The summed E-state index contributed by atoms with van der Waals surface area (Å²) in [7, 11) is 1.48. The van der Waals surface area contributed by atoms with Gasteiger partial charge in [-0.25, -0.2) is 9.78 Å². The minimum absolute atomic E-state index is 0.146. The molecule has 0 aliphatic carbocycles. The molecule has 2 rings (SSSR count). The zero-order valence-electron chi connectivity index (χ0n) is 16.3. The van der Waals surface area contributed by atoms with Crippen molar-refractivity contribution in [3.63, 3.8) is 0 Å². The lowest BCUT2D eigenvalue weighted by molar-refractivity contribution is -0.136. The number of amides is 2. The highest BCUT2D eigenvalue weighted by Gasteiger charge is 2.18. The van der Waals surface area contributed by atoms with Crippen LogP contribution in [0, 0.1) is 13.8 Å². The average Bonchev–Trinajstić information content (AvgIpc) is 2.68. The summed E-state index contributed by atoms with van der Waals surface area (Å²) in [6.45, 7) is 3.23. The largest absolute Gasteiger partial charge is 0.452 e. The van der Waals surface area contributed by atoms with E-state index in [-0.39, 0.29) is 12.5 Å². The van der Waals surface area contributed by atoms with Gasteiger partial charge in [0, 0.05) is 18.9 Å². The maximum Gasteiger partial charge on any atom is 0.341 e. The number of rotatable bonds is 7. The molecular weight excluding hydrogens is 378 g/mol. The number of thioether (sulfide) groups is 1. The Morgan fingerprint density at radius 2 is 1.96 bits per heavy atom. The lowest BCUT2D eigenvalue weighted by Crippen LogP contribution is -2.37. The number of likely N-dealkylation sites (N-methyl/N-ethyl adjacent to an activating group) is 1. The quantitative estimate of drug-likeness (QED) is 0.567. The number of aromatic nitrogens is 1. The first kappa shape index (κ1) is 21.4. The summed E-state index contributed by atoms with van der Waals surface area (Å²) in [5, 5.41) is 3.32. The van der Waals surface area contributed by atoms with Gasteiger partial charge in [-0.05, 0) is 49.4 Å². The maximum atomic E-state index is 12.2. The van der Waals surface area contributed by atoms with Crippen molar-refractivity contribution in [3.05, 3.63) is 53.2 Å². The standard InChI is InChI=1S/C20H23N3O4S/c1-13-7-8-14(2)16(10-13)22-17(24)11-23(3)18(25)12-27-20(26)15-6-5-9-21-19(15)28-4/h5-10H,11-12H2,1-4H3,(H,22,24). The van der Waals surface area contributed by atoms with Crippen LogP contribution in [0.25, 0.3) is 0 Å². The Labute approximate surface area is 168 Å². The topological polar surface area (TPSA) is 88.6 Å². The monoisotopic (exact) mass is 401 g/mol. The Kier molecular flexibility index (Phi) is 7.57. The van der Waals surface area contributed by atoms with E-state index in [0.717, 1.165) is 11.1 Å². The number of hydrogen-bond acceptors (Lipinski definition) is 6. The van der Waals surface area contributed by atoms with Gasteiger partial charge in [0.1, 0.15) is 5.03 Å². The molecule has 8 heteroatoms. The zero-order chi connectivity index (χ0) is 20.7. The molecule has 0 bridgehead atoms. The SMILES string of the molecule is CSc1ncccc1C(=O)OCC(=O)N(C)CC(=O)Nc1cc(C)ccc1C. The molecule has 0 fully saturated rings. The number of aryl methyl sites for hydroxylation is 2. The summed E-state index contributed by atoms with van der Waals surface area (Å²) < 4.78 is 5.07. The normalized spacial score (nSPS) is 10.3. The molecule has 0 spiro atoms. The second kappa shape index (κ2) is 9.89. The molecule has 0 saturated carbocycles. The number of pyridine rings is 1. The summed E-state index contributed by atoms with van der Waals surface area (Å²) in [5.41, 5.74) is 2.97. The number of esters is 1. The predicted molar refractivity (Wildman–Crippen MR) is 108 cm³/mol. The van der Waals surface area contributed by atoms with Gasteiger partial charge in [0.15, 0.2) is 6.61 Å². The number of nitrogens with zero attached hydrogens (tertiary/aromatic N) is 2. The van der Waals surface area contributed by atoms with Crippen molar-refractivity contribution in [2.24, 2.45) is 0 Å². The molecule has 1 heterocycles. The highest BCUT2D eigenvalue weighted by Crippen LogP contribution is 2.18. The second-order valence-electron chi connectivity index (χ2n) is 6.25. The number of anilines is 1. The van der Waals surface area contributed by atoms with Crippen LogP contribution in [0.3, 0.4) is 0 Å². The third-order valence-corrected chi connectivity index (χ3v) is 4.70. The first-order valence-corrected chi connectivity index (χ1v) is 9.81. The van der Waals surface area contributed by atoms with E-state index >= 15 is 0 Å². The maximum absolute atomic E-state index is 12.2. The number of ether oxygens (including phenoxy) is 1. The first-order chi connectivity index (χ1) is 13.3. The number of nitrogens with one attached hydrogen (secondary N) is 1.